The van der Waals surface area contributed by atoms with Gasteiger partial charge >= 0.3 is 0 Å². The molecular weight excluding hydrogens is 510 g/mol. The van der Waals surface area contributed by atoms with Gasteiger partial charge in [0.1, 0.15) is 47.1 Å². The van der Waals surface area contributed by atoms with E-state index in [1.54, 1.807) is 12.1 Å². The lowest BCUT2D eigenvalue weighted by Gasteiger charge is -2.07. The SMILES string of the molecule is N#CC(C#N)=C1c2ccc(F)cc2-c2nc3cc4nc5c(nc4cc3nc21)-c1cc(F)ccc1C5=C(C#N)C#N. The number of benzene rings is 3. The van der Waals surface area contributed by atoms with Crippen LogP contribution in [0.5, 0.6) is 0 Å². The first-order valence-electron chi connectivity index (χ1n) is 11.7. The van der Waals surface area contributed by atoms with E-state index in [9.17, 15) is 29.8 Å². The molecule has 2 aromatic heterocycles. The zero-order chi connectivity index (χ0) is 27.7. The third-order valence-electron chi connectivity index (χ3n) is 6.88. The monoisotopic (exact) mass is 518 g/mol. The number of hydrogen-bond donors (Lipinski definition) is 0. The Labute approximate surface area is 223 Å². The molecule has 2 aliphatic rings. The molecule has 0 saturated heterocycles. The van der Waals surface area contributed by atoms with Crippen LogP contribution >= 0.6 is 0 Å². The molecule has 5 aromatic rings. The number of fused-ring (bicyclic) bond motifs is 8. The largest absolute Gasteiger partial charge is 0.244 e. The van der Waals surface area contributed by atoms with Crippen LogP contribution in [0.4, 0.5) is 8.78 Å². The Hall–Kier alpha value is -6.36. The van der Waals surface area contributed by atoms with Crippen LogP contribution in [0.25, 0.3) is 55.7 Å². The summed E-state index contributed by atoms with van der Waals surface area (Å²) in [5.74, 6) is -1.02. The molecule has 182 valence electrons. The van der Waals surface area contributed by atoms with Crippen molar-refractivity contribution >= 4 is 33.2 Å². The van der Waals surface area contributed by atoms with E-state index in [1.807, 2.05) is 24.3 Å². The molecule has 8 nitrogen and oxygen atoms in total. The van der Waals surface area contributed by atoms with E-state index >= 15 is 0 Å². The van der Waals surface area contributed by atoms with E-state index in [4.69, 9.17) is 19.9 Å². The second kappa shape index (κ2) is 8.07. The lowest BCUT2D eigenvalue weighted by molar-refractivity contribution is 0.628. The topological polar surface area (TPSA) is 147 Å². The first-order valence-corrected chi connectivity index (χ1v) is 11.7. The summed E-state index contributed by atoms with van der Waals surface area (Å²) in [6.07, 6.45) is 0. The Morgan fingerprint density at radius 2 is 0.825 bits per heavy atom. The molecule has 0 aliphatic heterocycles. The van der Waals surface area contributed by atoms with Crippen molar-refractivity contribution in [2.75, 3.05) is 0 Å². The van der Waals surface area contributed by atoms with Crippen LogP contribution in [-0.4, -0.2) is 19.9 Å². The quantitative estimate of drug-likeness (QED) is 0.189. The van der Waals surface area contributed by atoms with E-state index < -0.39 is 11.6 Å². The number of aromatic nitrogens is 4. The van der Waals surface area contributed by atoms with Crippen molar-refractivity contribution in [3.05, 3.63) is 93.8 Å². The number of rotatable bonds is 0. The highest BCUT2D eigenvalue weighted by Gasteiger charge is 2.32. The summed E-state index contributed by atoms with van der Waals surface area (Å²) in [4.78, 5) is 18.8. The van der Waals surface area contributed by atoms with Crippen molar-refractivity contribution in [1.29, 1.82) is 21.0 Å². The molecule has 2 heterocycles. The molecule has 0 N–H and O–H groups in total. The molecule has 0 saturated carbocycles. The fourth-order valence-corrected chi connectivity index (χ4v) is 5.23. The maximum absolute atomic E-state index is 14.2. The van der Waals surface area contributed by atoms with Gasteiger partial charge in [0, 0.05) is 22.3 Å². The number of halogens is 2. The Morgan fingerprint density at radius 3 is 1.18 bits per heavy atom. The third-order valence-corrected chi connectivity index (χ3v) is 6.88. The van der Waals surface area contributed by atoms with Gasteiger partial charge in [-0.15, -0.1) is 0 Å². The molecule has 0 fully saturated rings. The predicted molar refractivity (Wildman–Crippen MR) is 138 cm³/mol. The van der Waals surface area contributed by atoms with Crippen molar-refractivity contribution in [2.45, 2.75) is 0 Å². The molecular formula is C30H8F2N8. The van der Waals surface area contributed by atoms with Crippen molar-refractivity contribution in [2.24, 2.45) is 0 Å². The van der Waals surface area contributed by atoms with Gasteiger partial charge in [0.25, 0.3) is 0 Å². The van der Waals surface area contributed by atoms with Crippen molar-refractivity contribution in [3.8, 4) is 46.8 Å². The molecule has 0 unspecified atom stereocenters. The smallest absolute Gasteiger partial charge is 0.139 e. The lowest BCUT2D eigenvalue weighted by atomic mass is 10.0. The van der Waals surface area contributed by atoms with Gasteiger partial charge in [-0.1, -0.05) is 12.1 Å². The van der Waals surface area contributed by atoms with Gasteiger partial charge in [-0.2, -0.15) is 21.0 Å². The van der Waals surface area contributed by atoms with Gasteiger partial charge in [0.05, 0.1) is 44.8 Å². The third kappa shape index (κ3) is 2.99. The summed E-state index contributed by atoms with van der Waals surface area (Å²) >= 11 is 0. The number of nitrogens with zero attached hydrogens (tertiary/aromatic N) is 8. The highest BCUT2D eigenvalue weighted by Crippen LogP contribution is 2.46. The number of hydrogen-bond acceptors (Lipinski definition) is 8. The van der Waals surface area contributed by atoms with E-state index in [1.165, 1.54) is 36.4 Å². The zero-order valence-corrected chi connectivity index (χ0v) is 20.0. The summed E-state index contributed by atoms with van der Waals surface area (Å²) in [7, 11) is 0. The van der Waals surface area contributed by atoms with Crippen molar-refractivity contribution in [3.63, 3.8) is 0 Å². The van der Waals surface area contributed by atoms with Gasteiger partial charge in [-0.05, 0) is 47.5 Å². The first-order chi connectivity index (χ1) is 19.4. The molecule has 0 bridgehead atoms. The molecule has 2 aliphatic carbocycles. The van der Waals surface area contributed by atoms with Crippen LogP contribution in [0.15, 0.2) is 59.7 Å². The van der Waals surface area contributed by atoms with Crippen LogP contribution in [0, 0.1) is 57.0 Å². The van der Waals surface area contributed by atoms with Crippen LogP contribution in [-0.2, 0) is 0 Å². The zero-order valence-electron chi connectivity index (χ0n) is 20.0. The highest BCUT2D eigenvalue weighted by molar-refractivity contribution is 6.06. The fourth-order valence-electron chi connectivity index (χ4n) is 5.23. The van der Waals surface area contributed by atoms with Crippen LogP contribution in [0.2, 0.25) is 0 Å². The Bertz CT molecular complexity index is 2090. The lowest BCUT2D eigenvalue weighted by Crippen LogP contribution is -1.98. The maximum Gasteiger partial charge on any atom is 0.139 e. The van der Waals surface area contributed by atoms with Gasteiger partial charge in [0.15, 0.2) is 0 Å². The van der Waals surface area contributed by atoms with E-state index in [0.29, 0.717) is 55.7 Å². The van der Waals surface area contributed by atoms with E-state index in [0.717, 1.165) is 0 Å². The van der Waals surface area contributed by atoms with Crippen molar-refractivity contribution < 1.29 is 8.78 Å². The summed E-state index contributed by atoms with van der Waals surface area (Å²) in [6.45, 7) is 0. The standard InChI is InChI=1S/C30H8F2N8/c31-15-1-3-17-19(5-15)27-29(25(17)13(9-33)10-34)39-23-8-22-24(7-21(23)37-27)40-30-26(14(11-35)12-36)18-4-2-16(32)6-20(18)28(30)38-22/h1-8H. The summed E-state index contributed by atoms with van der Waals surface area (Å²) in [5, 5.41) is 38.4. The Balaban J connectivity index is 1.54. The fraction of sp³-hybridized carbons (Fsp3) is 0. The molecule has 40 heavy (non-hydrogen) atoms. The minimum absolute atomic E-state index is 0.178. The average Bonchev–Trinajstić information content (AvgIpc) is 3.42. The van der Waals surface area contributed by atoms with Gasteiger partial charge in [-0.25, -0.2) is 28.7 Å². The summed E-state index contributed by atoms with van der Waals surface area (Å²) < 4.78 is 28.4. The number of allylic oxidation sites excluding steroid dienone is 2. The van der Waals surface area contributed by atoms with E-state index in [2.05, 4.69) is 0 Å². The van der Waals surface area contributed by atoms with Gasteiger partial charge in [0.2, 0.25) is 0 Å². The minimum Gasteiger partial charge on any atom is -0.244 e. The van der Waals surface area contributed by atoms with Crippen LogP contribution in [0.3, 0.4) is 0 Å². The molecule has 10 heteroatoms. The number of nitriles is 4. The second-order valence-electron chi connectivity index (χ2n) is 9.00. The Morgan fingerprint density at radius 1 is 0.475 bits per heavy atom. The maximum atomic E-state index is 14.2. The molecule has 0 atom stereocenters. The van der Waals surface area contributed by atoms with Crippen molar-refractivity contribution in [1.82, 2.24) is 19.9 Å². The van der Waals surface area contributed by atoms with Gasteiger partial charge < -0.3 is 0 Å². The molecule has 0 amide bonds. The summed E-state index contributed by atoms with van der Waals surface area (Å²) in [6, 6.07) is 18.8. The van der Waals surface area contributed by atoms with E-state index in [-0.39, 0.29) is 33.7 Å². The molecule has 0 spiro atoms. The average molecular weight is 518 g/mol. The van der Waals surface area contributed by atoms with Crippen LogP contribution in [0.1, 0.15) is 22.5 Å². The molecule has 0 radical (unpaired) electrons. The molecule has 3 aromatic carbocycles. The minimum atomic E-state index is -0.510. The Kier molecular flexibility index (Phi) is 4.60. The molecule has 7 rings (SSSR count). The summed E-state index contributed by atoms with van der Waals surface area (Å²) in [5.41, 5.74) is 4.62. The first kappa shape index (κ1) is 22.8. The van der Waals surface area contributed by atoms with Crippen LogP contribution < -0.4 is 0 Å². The normalized spacial score (nSPS) is 12.1. The second-order valence-corrected chi connectivity index (χ2v) is 9.00. The predicted octanol–water partition coefficient (Wildman–Crippen LogP) is 5.51. The highest BCUT2D eigenvalue weighted by atomic mass is 19.1. The van der Waals surface area contributed by atoms with Gasteiger partial charge in [-0.3, -0.25) is 0 Å².